The fraction of sp³-hybridized carbons (Fsp3) is 1.00. The first-order valence-corrected chi connectivity index (χ1v) is 3.86. The molecule has 0 aromatic rings. The van der Waals surface area contributed by atoms with Crippen LogP contribution in [0.3, 0.4) is 0 Å². The van der Waals surface area contributed by atoms with Crippen LogP contribution < -0.4 is 0 Å². The Morgan fingerprint density at radius 2 is 1.50 bits per heavy atom. The molecule has 0 atom stereocenters. The van der Waals surface area contributed by atoms with Crippen LogP contribution in [-0.2, 0) is 0 Å². The molecule has 0 heterocycles. The molecule has 0 saturated heterocycles. The Labute approximate surface area is 57.2 Å². The first-order valence-electron chi connectivity index (χ1n) is 2.23. The second-order valence-corrected chi connectivity index (χ2v) is 3.32. The SMILES string of the molecule is C[CH2][Al][CH2]C.[Al]. The Bertz CT molecular complexity index is 13.0. The van der Waals surface area contributed by atoms with E-state index in [1.54, 1.807) is 0 Å². The van der Waals surface area contributed by atoms with Crippen LogP contribution >= 0.6 is 0 Å². The van der Waals surface area contributed by atoms with E-state index in [0.29, 0.717) is 0 Å². The maximum absolute atomic E-state index is 2.25. The van der Waals surface area contributed by atoms with Gasteiger partial charge in [-0.25, -0.2) is 0 Å². The lowest BCUT2D eigenvalue weighted by atomic mass is 10.9. The van der Waals surface area contributed by atoms with E-state index in [2.05, 4.69) is 13.8 Å². The van der Waals surface area contributed by atoms with Gasteiger partial charge in [0.2, 0.25) is 0 Å². The van der Waals surface area contributed by atoms with Crippen molar-refractivity contribution in [2.45, 2.75) is 24.4 Å². The third-order valence-corrected chi connectivity index (χ3v) is 1.73. The van der Waals surface area contributed by atoms with Crippen molar-refractivity contribution in [3.05, 3.63) is 0 Å². The molecule has 2 heteroatoms. The van der Waals surface area contributed by atoms with Gasteiger partial charge < -0.3 is 0 Å². The van der Waals surface area contributed by atoms with Gasteiger partial charge in [0.25, 0.3) is 0 Å². The summed E-state index contributed by atoms with van der Waals surface area (Å²) in [5, 5.41) is 2.85. The fourth-order valence-electron chi connectivity index (χ4n) is 0.289. The quantitative estimate of drug-likeness (QED) is 0.470. The third kappa shape index (κ3) is 8.91. The zero-order valence-corrected chi connectivity index (χ0v) is 6.88. The van der Waals surface area contributed by atoms with Crippen LogP contribution in [0, 0.1) is 0 Å². The van der Waals surface area contributed by atoms with Crippen molar-refractivity contribution in [1.82, 2.24) is 0 Å². The van der Waals surface area contributed by atoms with Crippen LogP contribution in [-0.4, -0.2) is 32.6 Å². The predicted octanol–water partition coefficient (Wildman–Crippen LogP) is 1.19. The maximum Gasteiger partial charge on any atom is 0.198 e. The van der Waals surface area contributed by atoms with E-state index in [4.69, 9.17) is 0 Å². The molecule has 0 saturated carbocycles. The van der Waals surface area contributed by atoms with E-state index in [0.717, 1.165) is 15.2 Å². The van der Waals surface area contributed by atoms with Crippen LogP contribution in [0.2, 0.25) is 10.6 Å². The summed E-state index contributed by atoms with van der Waals surface area (Å²) in [4.78, 5) is 0. The van der Waals surface area contributed by atoms with Crippen molar-refractivity contribution in [2.24, 2.45) is 0 Å². The number of hydrogen-bond acceptors (Lipinski definition) is 0. The minimum atomic E-state index is 0. The highest BCUT2D eigenvalue weighted by atomic mass is 27.1. The second-order valence-electron chi connectivity index (χ2n) is 1.11. The maximum atomic E-state index is 2.25. The molecule has 0 amide bonds. The zero-order chi connectivity index (χ0) is 4.12. The summed E-state index contributed by atoms with van der Waals surface area (Å²) in [7, 11) is 0. The van der Waals surface area contributed by atoms with Crippen molar-refractivity contribution < 1.29 is 0 Å². The summed E-state index contributed by atoms with van der Waals surface area (Å²) >= 11 is 0.815. The van der Waals surface area contributed by atoms with Crippen molar-refractivity contribution in [1.29, 1.82) is 0 Å². The minimum Gasteiger partial charge on any atom is -0.106 e. The highest BCUT2D eigenvalue weighted by Gasteiger charge is 1.74. The van der Waals surface area contributed by atoms with Crippen LogP contribution in [0.5, 0.6) is 0 Å². The predicted molar refractivity (Wildman–Crippen MR) is 32.5 cm³/mol. The van der Waals surface area contributed by atoms with Crippen molar-refractivity contribution >= 4 is 32.6 Å². The highest BCUT2D eigenvalue weighted by molar-refractivity contribution is 6.34. The van der Waals surface area contributed by atoms with E-state index < -0.39 is 0 Å². The summed E-state index contributed by atoms with van der Waals surface area (Å²) in [5.41, 5.74) is 0. The first-order chi connectivity index (χ1) is 2.41. The zero-order valence-electron chi connectivity index (χ0n) is 4.57. The number of hydrogen-bond donors (Lipinski definition) is 0. The average Bonchev–Trinajstić information content (AvgIpc) is 1.41. The van der Waals surface area contributed by atoms with Gasteiger partial charge >= 0.3 is 0 Å². The van der Waals surface area contributed by atoms with E-state index in [9.17, 15) is 0 Å². The average molecular weight is 112 g/mol. The summed E-state index contributed by atoms with van der Waals surface area (Å²) < 4.78 is 0. The van der Waals surface area contributed by atoms with Gasteiger partial charge in [-0.15, -0.1) is 10.6 Å². The Balaban J connectivity index is 0. The van der Waals surface area contributed by atoms with Crippen LogP contribution in [0.15, 0.2) is 0 Å². The van der Waals surface area contributed by atoms with Crippen LogP contribution in [0.4, 0.5) is 0 Å². The monoisotopic (exact) mass is 112 g/mol. The van der Waals surface area contributed by atoms with Crippen molar-refractivity contribution in [3.63, 3.8) is 0 Å². The third-order valence-electron chi connectivity index (χ3n) is 0.577. The molecule has 0 spiro atoms. The molecule has 0 N–H and O–H groups in total. The molecule has 0 unspecified atom stereocenters. The van der Waals surface area contributed by atoms with Gasteiger partial charge in [-0.2, -0.15) is 0 Å². The van der Waals surface area contributed by atoms with Gasteiger partial charge in [-0.1, -0.05) is 13.8 Å². The smallest absolute Gasteiger partial charge is 0.106 e. The minimum absolute atomic E-state index is 0. The van der Waals surface area contributed by atoms with Crippen molar-refractivity contribution in [3.8, 4) is 0 Å². The molecule has 4 radical (unpaired) electrons. The molecule has 0 bridgehead atoms. The van der Waals surface area contributed by atoms with E-state index in [-0.39, 0.29) is 17.4 Å². The highest BCUT2D eigenvalue weighted by Crippen LogP contribution is 1.77. The van der Waals surface area contributed by atoms with Crippen LogP contribution in [0.25, 0.3) is 0 Å². The standard InChI is InChI=1S/2C2H5.2Al/c2*1-2;;/h2*1H2,2H3;;. The summed E-state index contributed by atoms with van der Waals surface area (Å²) in [6, 6.07) is 0. The topological polar surface area (TPSA) is 0 Å². The molecule has 32 valence electrons. The lowest BCUT2D eigenvalue weighted by Gasteiger charge is -1.74. The molecule has 6 heavy (non-hydrogen) atoms. The van der Waals surface area contributed by atoms with E-state index >= 15 is 0 Å². The molecular weight excluding hydrogens is 102 g/mol. The van der Waals surface area contributed by atoms with Crippen LogP contribution in [0.1, 0.15) is 13.8 Å². The largest absolute Gasteiger partial charge is 0.198 e. The van der Waals surface area contributed by atoms with Gasteiger partial charge in [0.05, 0.1) is 0 Å². The first kappa shape index (κ1) is 10.1. The van der Waals surface area contributed by atoms with Crippen molar-refractivity contribution in [2.75, 3.05) is 0 Å². The van der Waals surface area contributed by atoms with Gasteiger partial charge in [-0.3, -0.25) is 0 Å². The van der Waals surface area contributed by atoms with E-state index in [1.165, 1.54) is 10.6 Å². The molecule has 0 fully saturated rings. The molecule has 0 aromatic carbocycles. The fourth-order valence-corrected chi connectivity index (χ4v) is 0.866. The molecule has 0 aliphatic heterocycles. The molecule has 0 aromatic heterocycles. The second kappa shape index (κ2) is 9.42. The van der Waals surface area contributed by atoms with Gasteiger partial charge in [0, 0.05) is 17.4 Å². The lowest BCUT2D eigenvalue weighted by molar-refractivity contribution is 1.36. The lowest BCUT2D eigenvalue weighted by Crippen LogP contribution is -1.76. The van der Waals surface area contributed by atoms with Gasteiger partial charge in [-0.05, 0) is 0 Å². The molecule has 0 nitrogen and oxygen atoms in total. The molecule has 0 aliphatic rings. The summed E-state index contributed by atoms with van der Waals surface area (Å²) in [5.74, 6) is 0. The Kier molecular flexibility index (Phi) is 15.9. The Morgan fingerprint density at radius 3 is 1.50 bits per heavy atom. The Morgan fingerprint density at radius 1 is 1.17 bits per heavy atom. The van der Waals surface area contributed by atoms with E-state index in [1.807, 2.05) is 0 Å². The normalized spacial score (nSPS) is 6.33. The Hall–Kier alpha value is 1.06. The number of rotatable bonds is 2. The summed E-state index contributed by atoms with van der Waals surface area (Å²) in [6.07, 6.45) is 0. The molecule has 0 rings (SSSR count). The molecule has 0 aliphatic carbocycles. The van der Waals surface area contributed by atoms with Gasteiger partial charge in [0.1, 0.15) is 0 Å². The summed E-state index contributed by atoms with van der Waals surface area (Å²) in [6.45, 7) is 4.50. The molecular formula is C4H10Al2. The van der Waals surface area contributed by atoms with Gasteiger partial charge in [0.15, 0.2) is 15.2 Å².